The molecule has 1 aromatic carbocycles. The molecule has 0 saturated carbocycles. The van der Waals surface area contributed by atoms with Crippen LogP contribution in [0.2, 0.25) is 0 Å². The Bertz CT molecular complexity index is 721. The maximum Gasteiger partial charge on any atom is 0.365 e. The van der Waals surface area contributed by atoms with Gasteiger partial charge in [-0.1, -0.05) is 0 Å². The number of hydrogen-bond acceptors (Lipinski definition) is 5. The molecule has 1 aromatic heterocycles. The largest absolute Gasteiger partial charge is 0.497 e. The number of methoxy groups -OCH3 is 1. The van der Waals surface area contributed by atoms with Crippen molar-refractivity contribution in [2.75, 3.05) is 13.7 Å². The lowest BCUT2D eigenvalue weighted by molar-refractivity contribution is -0.689. The van der Waals surface area contributed by atoms with Crippen LogP contribution >= 0.6 is 0 Å². The van der Waals surface area contributed by atoms with Crippen molar-refractivity contribution in [2.45, 2.75) is 20.0 Å². The lowest BCUT2D eigenvalue weighted by Crippen LogP contribution is -2.39. The number of carbonyl (C=O) groups excluding carboxylic acids is 1. The van der Waals surface area contributed by atoms with Crippen LogP contribution in [0.1, 0.15) is 16.2 Å². The molecule has 8 nitrogen and oxygen atoms in total. The topological polar surface area (TPSA) is 98.5 Å². The molecule has 0 fully saturated rings. The fraction of sp³-hybridized carbons (Fsp3) is 0.333. The molecule has 0 aliphatic heterocycles. The molecule has 0 aliphatic carbocycles. The van der Waals surface area contributed by atoms with Crippen molar-refractivity contribution in [2.24, 2.45) is 0 Å². The van der Waals surface area contributed by atoms with Crippen LogP contribution in [0.5, 0.6) is 5.75 Å². The first-order chi connectivity index (χ1) is 11.0. The van der Waals surface area contributed by atoms with Gasteiger partial charge in [0, 0.05) is 12.5 Å². The normalized spacial score (nSPS) is 10.6. The first kappa shape index (κ1) is 16.6. The third-order valence-electron chi connectivity index (χ3n) is 3.59. The number of aliphatic hydroxyl groups is 1. The smallest absolute Gasteiger partial charge is 0.365 e. The van der Waals surface area contributed by atoms with Gasteiger partial charge in [-0.15, -0.1) is 0 Å². The number of carbonyl (C=O) groups is 1. The molecule has 0 spiro atoms. The van der Waals surface area contributed by atoms with Gasteiger partial charge >= 0.3 is 5.82 Å². The van der Waals surface area contributed by atoms with Crippen molar-refractivity contribution < 1.29 is 24.1 Å². The summed E-state index contributed by atoms with van der Waals surface area (Å²) in [5, 5.41) is 20.1. The van der Waals surface area contributed by atoms with Gasteiger partial charge in [0.1, 0.15) is 12.3 Å². The number of nitrogens with zero attached hydrogens (tertiary/aromatic N) is 3. The zero-order chi connectivity index (χ0) is 17.0. The molecule has 1 heterocycles. The van der Waals surface area contributed by atoms with Crippen molar-refractivity contribution in [3.8, 4) is 5.75 Å². The van der Waals surface area contributed by atoms with Crippen molar-refractivity contribution in [1.29, 1.82) is 0 Å². The number of ether oxygens (including phenoxy) is 1. The van der Waals surface area contributed by atoms with Gasteiger partial charge in [0.15, 0.2) is 12.7 Å². The SMILES string of the molecule is COc1ccc(C(=O)C[n+]2cc([N+](=O)[O-])n(CCO)c2C)cc1. The van der Waals surface area contributed by atoms with E-state index in [0.717, 1.165) is 0 Å². The molecule has 23 heavy (non-hydrogen) atoms. The third-order valence-corrected chi connectivity index (χ3v) is 3.59. The summed E-state index contributed by atoms with van der Waals surface area (Å²) in [7, 11) is 1.54. The zero-order valence-corrected chi connectivity index (χ0v) is 12.9. The second-order valence-electron chi connectivity index (χ2n) is 4.95. The molecule has 0 bridgehead atoms. The monoisotopic (exact) mass is 320 g/mol. The average Bonchev–Trinajstić information content (AvgIpc) is 2.85. The number of aromatic nitrogens is 2. The van der Waals surface area contributed by atoms with Crippen LogP contribution in [0.4, 0.5) is 5.82 Å². The summed E-state index contributed by atoms with van der Waals surface area (Å²) >= 11 is 0. The molecule has 0 amide bonds. The number of rotatable bonds is 7. The van der Waals surface area contributed by atoms with E-state index in [1.54, 1.807) is 38.3 Å². The standard InChI is InChI=1S/C15H18N3O5/c1-11-16(10-15(18(21)22)17(11)7-8-19)9-14(20)12-3-5-13(23-2)6-4-12/h3-6,10,19H,7-9H2,1-2H3/q+1. The van der Waals surface area contributed by atoms with E-state index in [2.05, 4.69) is 0 Å². The van der Waals surface area contributed by atoms with Gasteiger partial charge < -0.3 is 20.0 Å². The number of nitro groups is 1. The maximum atomic E-state index is 12.3. The lowest BCUT2D eigenvalue weighted by Gasteiger charge is -2.02. The van der Waals surface area contributed by atoms with E-state index < -0.39 is 4.92 Å². The number of Topliss-reactive ketones (excluding diaryl/α,β-unsaturated/α-hetero) is 1. The van der Waals surface area contributed by atoms with Crippen LogP contribution in [0.3, 0.4) is 0 Å². The van der Waals surface area contributed by atoms with Crippen molar-refractivity contribution in [1.82, 2.24) is 4.57 Å². The number of imidazole rings is 1. The molecular weight excluding hydrogens is 302 g/mol. The van der Waals surface area contributed by atoms with E-state index in [1.165, 1.54) is 15.3 Å². The Morgan fingerprint density at radius 3 is 2.57 bits per heavy atom. The summed E-state index contributed by atoms with van der Waals surface area (Å²) in [4.78, 5) is 22.9. The Morgan fingerprint density at radius 2 is 2.04 bits per heavy atom. The van der Waals surface area contributed by atoms with Crippen LogP contribution < -0.4 is 9.30 Å². The van der Waals surface area contributed by atoms with Crippen LogP contribution in [-0.2, 0) is 13.1 Å². The Labute approximate surface area is 132 Å². The van der Waals surface area contributed by atoms with Gasteiger partial charge in [-0.3, -0.25) is 4.79 Å². The molecule has 0 aliphatic rings. The fourth-order valence-electron chi connectivity index (χ4n) is 2.33. The van der Waals surface area contributed by atoms with Crippen LogP contribution in [0.15, 0.2) is 30.5 Å². The average molecular weight is 320 g/mol. The van der Waals surface area contributed by atoms with Gasteiger partial charge in [-0.05, 0) is 29.2 Å². The van der Waals surface area contributed by atoms with Crippen molar-refractivity contribution >= 4 is 11.6 Å². The van der Waals surface area contributed by atoms with E-state index in [4.69, 9.17) is 9.84 Å². The van der Waals surface area contributed by atoms with Gasteiger partial charge in [-0.2, -0.15) is 4.57 Å². The van der Waals surface area contributed by atoms with E-state index in [1.807, 2.05) is 0 Å². The highest BCUT2D eigenvalue weighted by molar-refractivity contribution is 5.95. The highest BCUT2D eigenvalue weighted by Crippen LogP contribution is 2.14. The number of hydrogen-bond donors (Lipinski definition) is 1. The summed E-state index contributed by atoms with van der Waals surface area (Å²) in [5.74, 6) is 0.860. The highest BCUT2D eigenvalue weighted by Gasteiger charge is 2.25. The predicted octanol–water partition coefficient (Wildman–Crippen LogP) is 0.876. The molecular formula is C15H18N3O5+. The Kier molecular flexibility index (Phi) is 5.07. The summed E-state index contributed by atoms with van der Waals surface area (Å²) in [6.07, 6.45) is 1.31. The second kappa shape index (κ2) is 7.01. The zero-order valence-electron chi connectivity index (χ0n) is 12.9. The molecule has 0 unspecified atom stereocenters. The first-order valence-electron chi connectivity index (χ1n) is 7.00. The Hall–Kier alpha value is -2.74. The minimum atomic E-state index is -0.531. The lowest BCUT2D eigenvalue weighted by atomic mass is 10.1. The van der Waals surface area contributed by atoms with Gasteiger partial charge in [0.2, 0.25) is 5.78 Å². The Morgan fingerprint density at radius 1 is 1.39 bits per heavy atom. The van der Waals surface area contributed by atoms with E-state index in [0.29, 0.717) is 17.1 Å². The predicted molar refractivity (Wildman–Crippen MR) is 80.4 cm³/mol. The number of benzene rings is 1. The quantitative estimate of drug-likeness (QED) is 0.353. The van der Waals surface area contributed by atoms with Gasteiger partial charge in [0.25, 0.3) is 5.82 Å². The summed E-state index contributed by atoms with van der Waals surface area (Å²) < 4.78 is 7.93. The molecule has 122 valence electrons. The fourth-order valence-corrected chi connectivity index (χ4v) is 2.33. The highest BCUT2D eigenvalue weighted by atomic mass is 16.6. The molecule has 8 heteroatoms. The summed E-state index contributed by atoms with van der Waals surface area (Å²) in [6, 6.07) is 6.67. The minimum Gasteiger partial charge on any atom is -0.497 e. The van der Waals surface area contributed by atoms with Crippen molar-refractivity contribution in [3.63, 3.8) is 0 Å². The summed E-state index contributed by atoms with van der Waals surface area (Å²) in [5.41, 5.74) is 0.496. The van der Waals surface area contributed by atoms with Gasteiger partial charge in [-0.25, -0.2) is 4.57 Å². The number of aliphatic hydroxyl groups excluding tert-OH is 1. The van der Waals surface area contributed by atoms with E-state index in [-0.39, 0.29) is 31.3 Å². The maximum absolute atomic E-state index is 12.3. The molecule has 0 atom stereocenters. The molecule has 0 radical (unpaired) electrons. The first-order valence-corrected chi connectivity index (χ1v) is 7.00. The Balaban J connectivity index is 2.26. The molecule has 2 rings (SSSR count). The number of ketones is 1. The van der Waals surface area contributed by atoms with Gasteiger partial charge in [0.05, 0.1) is 13.7 Å². The molecule has 0 saturated heterocycles. The minimum absolute atomic E-state index is 0.0164. The molecule has 2 aromatic rings. The second-order valence-corrected chi connectivity index (χ2v) is 4.95. The van der Waals surface area contributed by atoms with Crippen LogP contribution in [0.25, 0.3) is 0 Å². The van der Waals surface area contributed by atoms with E-state index in [9.17, 15) is 14.9 Å². The van der Waals surface area contributed by atoms with Crippen LogP contribution in [-0.4, -0.2) is 34.1 Å². The summed E-state index contributed by atoms with van der Waals surface area (Å²) in [6.45, 7) is 1.54. The van der Waals surface area contributed by atoms with E-state index >= 15 is 0 Å². The third kappa shape index (κ3) is 3.54. The molecule has 1 N–H and O–H groups in total. The van der Waals surface area contributed by atoms with Crippen LogP contribution in [0, 0.1) is 17.0 Å². The van der Waals surface area contributed by atoms with Crippen molar-refractivity contribution in [3.05, 3.63) is 52.0 Å².